The molecule has 1 heterocycles. The van der Waals surface area contributed by atoms with Crippen molar-refractivity contribution in [2.75, 3.05) is 0 Å². The maximum absolute atomic E-state index is 11.8. The number of nitro benzene ring substituents is 1. The molecule has 1 amide bonds. The molecule has 0 unspecified atom stereocenters. The van der Waals surface area contributed by atoms with E-state index in [9.17, 15) is 20.0 Å². The van der Waals surface area contributed by atoms with E-state index in [0.29, 0.717) is 5.56 Å². The highest BCUT2D eigenvalue weighted by Gasteiger charge is 2.12. The highest BCUT2D eigenvalue weighted by molar-refractivity contribution is 5.93. The van der Waals surface area contributed by atoms with E-state index in [2.05, 4.69) is 15.5 Å². The van der Waals surface area contributed by atoms with E-state index < -0.39 is 22.3 Å². The molecule has 1 aromatic carbocycles. The first-order valence-electron chi connectivity index (χ1n) is 6.77. The third-order valence-electron chi connectivity index (χ3n) is 3.04. The number of pyridine rings is 1. The molecular weight excluding hydrogens is 300 g/mol. The summed E-state index contributed by atoms with van der Waals surface area (Å²) >= 11 is 0. The Hall–Kier alpha value is -3.29. The summed E-state index contributed by atoms with van der Waals surface area (Å²) < 4.78 is 0. The number of carbonyl (C=O) groups is 1. The van der Waals surface area contributed by atoms with Gasteiger partial charge in [0.1, 0.15) is 5.69 Å². The number of rotatable bonds is 5. The monoisotopic (exact) mass is 314 g/mol. The summed E-state index contributed by atoms with van der Waals surface area (Å²) in [6, 6.07) is 7.17. The lowest BCUT2D eigenvalue weighted by molar-refractivity contribution is -0.385. The number of hydrazone groups is 1. The number of aryl methyl sites for hydroxylation is 1. The van der Waals surface area contributed by atoms with E-state index in [-0.39, 0.29) is 5.69 Å². The molecule has 0 aliphatic rings. The van der Waals surface area contributed by atoms with Crippen molar-refractivity contribution in [1.82, 2.24) is 10.4 Å². The number of nitrogens with zero attached hydrogens (tertiary/aromatic N) is 3. The van der Waals surface area contributed by atoms with Crippen molar-refractivity contribution in [3.05, 3.63) is 63.5 Å². The van der Waals surface area contributed by atoms with Crippen molar-refractivity contribution in [3.63, 3.8) is 0 Å². The third kappa shape index (κ3) is 4.10. The zero-order valence-electron chi connectivity index (χ0n) is 12.3. The van der Waals surface area contributed by atoms with Crippen LogP contribution in [-0.2, 0) is 6.42 Å². The predicted molar refractivity (Wildman–Crippen MR) is 83.4 cm³/mol. The van der Waals surface area contributed by atoms with Crippen LogP contribution in [0.25, 0.3) is 0 Å². The Labute approximate surface area is 131 Å². The lowest BCUT2D eigenvalue weighted by Crippen LogP contribution is -2.18. The van der Waals surface area contributed by atoms with Crippen molar-refractivity contribution < 1.29 is 14.8 Å². The maximum atomic E-state index is 11.8. The van der Waals surface area contributed by atoms with E-state index in [4.69, 9.17) is 0 Å². The van der Waals surface area contributed by atoms with Gasteiger partial charge in [-0.2, -0.15) is 5.10 Å². The Morgan fingerprint density at radius 2 is 2.22 bits per heavy atom. The second kappa shape index (κ2) is 7.12. The van der Waals surface area contributed by atoms with Crippen molar-refractivity contribution in [3.8, 4) is 5.75 Å². The molecule has 2 N–H and O–H groups in total. The lowest BCUT2D eigenvalue weighted by Gasteiger charge is -2.01. The van der Waals surface area contributed by atoms with E-state index >= 15 is 0 Å². The van der Waals surface area contributed by atoms with Crippen molar-refractivity contribution >= 4 is 17.8 Å². The number of nitrogens with one attached hydrogen (secondary N) is 1. The van der Waals surface area contributed by atoms with Gasteiger partial charge in [0.15, 0.2) is 5.75 Å². The highest BCUT2D eigenvalue weighted by atomic mass is 16.6. The quantitative estimate of drug-likeness (QED) is 0.497. The molecule has 0 aliphatic heterocycles. The first-order chi connectivity index (χ1) is 11.0. The Morgan fingerprint density at radius 1 is 1.43 bits per heavy atom. The third-order valence-corrected chi connectivity index (χ3v) is 3.04. The Kier molecular flexibility index (Phi) is 4.98. The fourth-order valence-electron chi connectivity index (χ4n) is 1.76. The second-order valence-electron chi connectivity index (χ2n) is 4.61. The number of hydrogen-bond donors (Lipinski definition) is 2. The SMILES string of the molecule is CCc1ccc(C(=O)N/N=C\c2ccc(O)c([N+](=O)[O-])c2)nc1. The lowest BCUT2D eigenvalue weighted by atomic mass is 10.2. The second-order valence-corrected chi connectivity index (χ2v) is 4.61. The van der Waals surface area contributed by atoms with Gasteiger partial charge in [0.25, 0.3) is 5.91 Å². The molecule has 2 aromatic rings. The Bertz CT molecular complexity index is 757. The van der Waals surface area contributed by atoms with Gasteiger partial charge < -0.3 is 5.11 Å². The van der Waals surface area contributed by atoms with E-state index in [1.807, 2.05) is 6.92 Å². The zero-order chi connectivity index (χ0) is 16.8. The van der Waals surface area contributed by atoms with Gasteiger partial charge in [-0.1, -0.05) is 13.0 Å². The normalized spacial score (nSPS) is 10.7. The number of amides is 1. The van der Waals surface area contributed by atoms with Crippen molar-refractivity contribution in [2.45, 2.75) is 13.3 Å². The summed E-state index contributed by atoms with van der Waals surface area (Å²) in [6.07, 6.45) is 3.68. The molecule has 0 saturated carbocycles. The molecule has 0 bridgehead atoms. The van der Waals surface area contributed by atoms with Gasteiger partial charge in [0.2, 0.25) is 0 Å². The van der Waals surface area contributed by atoms with Gasteiger partial charge in [0.05, 0.1) is 11.1 Å². The van der Waals surface area contributed by atoms with Gasteiger partial charge in [-0.05, 0) is 30.2 Å². The largest absolute Gasteiger partial charge is 0.502 e. The van der Waals surface area contributed by atoms with Crippen molar-refractivity contribution in [2.24, 2.45) is 5.10 Å². The van der Waals surface area contributed by atoms with Crippen molar-refractivity contribution in [1.29, 1.82) is 0 Å². The zero-order valence-corrected chi connectivity index (χ0v) is 12.3. The number of aromatic nitrogens is 1. The van der Waals surface area contributed by atoms with Gasteiger partial charge in [-0.3, -0.25) is 19.9 Å². The minimum atomic E-state index is -0.704. The standard InChI is InChI=1S/C15H14N4O4/c1-2-10-3-5-12(16-8-10)15(21)18-17-9-11-4-6-14(20)13(7-11)19(22)23/h3-9,20H,2H2,1H3,(H,18,21)/b17-9-. The fraction of sp³-hybridized carbons (Fsp3) is 0.133. The summed E-state index contributed by atoms with van der Waals surface area (Å²) in [5.74, 6) is -0.923. The van der Waals surface area contributed by atoms with Crippen LogP contribution in [0.2, 0.25) is 0 Å². The molecule has 23 heavy (non-hydrogen) atoms. The van der Waals surface area contributed by atoms with Crippen LogP contribution in [0.5, 0.6) is 5.75 Å². The topological polar surface area (TPSA) is 118 Å². The molecule has 0 fully saturated rings. The summed E-state index contributed by atoms with van der Waals surface area (Å²) in [5.41, 5.74) is 3.45. The minimum absolute atomic E-state index is 0.219. The number of carbonyl (C=O) groups excluding carboxylic acids is 1. The van der Waals surface area contributed by atoms with Gasteiger partial charge in [-0.15, -0.1) is 0 Å². The smallest absolute Gasteiger partial charge is 0.311 e. The number of phenolic OH excluding ortho intramolecular Hbond substituents is 1. The van der Waals surface area contributed by atoms with Crippen LogP contribution >= 0.6 is 0 Å². The molecular formula is C15H14N4O4. The van der Waals surface area contributed by atoms with E-state index in [0.717, 1.165) is 18.1 Å². The van der Waals surface area contributed by atoms with E-state index in [1.165, 1.54) is 18.3 Å². The molecule has 0 aliphatic carbocycles. The average Bonchev–Trinajstić information content (AvgIpc) is 2.56. The van der Waals surface area contributed by atoms with Crippen LogP contribution in [0.1, 0.15) is 28.5 Å². The number of phenols is 1. The van der Waals surface area contributed by atoms with Crippen LogP contribution in [0.15, 0.2) is 41.6 Å². The summed E-state index contributed by atoms with van der Waals surface area (Å²) in [4.78, 5) is 25.9. The van der Waals surface area contributed by atoms with Crippen LogP contribution < -0.4 is 5.43 Å². The van der Waals surface area contributed by atoms with Crippen LogP contribution in [0.4, 0.5) is 5.69 Å². The number of aromatic hydroxyl groups is 1. The number of hydrogen-bond acceptors (Lipinski definition) is 6. The molecule has 2 rings (SSSR count). The van der Waals surface area contributed by atoms with Crippen LogP contribution in [0, 0.1) is 10.1 Å². The molecule has 8 heteroatoms. The first kappa shape index (κ1) is 16.1. The van der Waals surface area contributed by atoms with Gasteiger partial charge in [0, 0.05) is 17.8 Å². The van der Waals surface area contributed by atoms with Crippen LogP contribution in [-0.4, -0.2) is 27.1 Å². The molecule has 0 radical (unpaired) electrons. The number of benzene rings is 1. The minimum Gasteiger partial charge on any atom is -0.502 e. The Morgan fingerprint density at radius 3 is 2.83 bits per heavy atom. The highest BCUT2D eigenvalue weighted by Crippen LogP contribution is 2.25. The summed E-state index contributed by atoms with van der Waals surface area (Å²) in [7, 11) is 0. The van der Waals surface area contributed by atoms with Gasteiger partial charge in [-0.25, -0.2) is 5.43 Å². The predicted octanol–water partition coefficient (Wildman–Crippen LogP) is 2.02. The first-order valence-corrected chi connectivity index (χ1v) is 6.77. The molecule has 118 valence electrons. The van der Waals surface area contributed by atoms with Gasteiger partial charge >= 0.3 is 5.69 Å². The fourth-order valence-corrected chi connectivity index (χ4v) is 1.76. The molecule has 1 aromatic heterocycles. The Balaban J connectivity index is 2.04. The van der Waals surface area contributed by atoms with E-state index in [1.54, 1.807) is 18.3 Å². The molecule has 8 nitrogen and oxygen atoms in total. The molecule has 0 atom stereocenters. The van der Waals surface area contributed by atoms with Crippen LogP contribution in [0.3, 0.4) is 0 Å². The molecule has 0 spiro atoms. The maximum Gasteiger partial charge on any atom is 0.311 e. The number of nitro groups is 1. The summed E-state index contributed by atoms with van der Waals surface area (Å²) in [5, 5.41) is 23.8. The average molecular weight is 314 g/mol. The molecule has 0 saturated heterocycles. The summed E-state index contributed by atoms with van der Waals surface area (Å²) in [6.45, 7) is 1.98.